The fraction of sp³-hybridized carbons (Fsp3) is 0.500. The predicted molar refractivity (Wildman–Crippen MR) is 77.9 cm³/mol. The Morgan fingerprint density at radius 1 is 1.21 bits per heavy atom. The summed E-state index contributed by atoms with van der Waals surface area (Å²) in [6.07, 6.45) is -6.43. The summed E-state index contributed by atoms with van der Waals surface area (Å²) in [5.41, 5.74) is -1.81. The molecule has 1 aromatic rings. The Bertz CT molecular complexity index is 594. The minimum Gasteiger partial charge on any atom is -0.550 e. The van der Waals surface area contributed by atoms with E-state index in [-0.39, 0.29) is 12.0 Å². The van der Waals surface area contributed by atoms with E-state index in [1.54, 1.807) is 20.8 Å². The number of hydrogen-bond acceptors (Lipinski definition) is 4. The molecule has 0 saturated heterocycles. The molecule has 24 heavy (non-hydrogen) atoms. The number of carbonyl (C=O) groups is 2. The molecule has 1 atom stereocenters. The van der Waals surface area contributed by atoms with E-state index in [4.69, 9.17) is 4.74 Å². The van der Waals surface area contributed by atoms with Crippen LogP contribution in [0.2, 0.25) is 0 Å². The Morgan fingerprint density at radius 2 is 1.79 bits per heavy atom. The lowest BCUT2D eigenvalue weighted by Gasteiger charge is -2.24. The van der Waals surface area contributed by atoms with Crippen LogP contribution in [0, 0.1) is 0 Å². The number of alkyl carbamates (subject to hydrolysis) is 1. The molecular formula is C16H19F3NO4-. The van der Waals surface area contributed by atoms with Gasteiger partial charge in [0.25, 0.3) is 0 Å². The smallest absolute Gasteiger partial charge is 0.416 e. The molecule has 1 aromatic carbocycles. The van der Waals surface area contributed by atoms with Crippen molar-refractivity contribution in [2.24, 2.45) is 0 Å². The van der Waals surface area contributed by atoms with E-state index >= 15 is 0 Å². The molecule has 0 aromatic heterocycles. The zero-order chi connectivity index (χ0) is 18.5. The highest BCUT2D eigenvalue weighted by molar-refractivity contribution is 5.70. The van der Waals surface area contributed by atoms with Gasteiger partial charge in [-0.25, -0.2) is 4.79 Å². The first-order valence-electron chi connectivity index (χ1n) is 7.23. The average Bonchev–Trinajstić information content (AvgIpc) is 2.34. The van der Waals surface area contributed by atoms with Crippen LogP contribution in [0.5, 0.6) is 0 Å². The van der Waals surface area contributed by atoms with E-state index in [9.17, 15) is 27.9 Å². The Balaban J connectivity index is 2.95. The first-order valence-corrected chi connectivity index (χ1v) is 7.23. The van der Waals surface area contributed by atoms with Crippen molar-refractivity contribution in [3.05, 3.63) is 35.4 Å². The van der Waals surface area contributed by atoms with Crippen LogP contribution in [0.1, 0.15) is 38.3 Å². The summed E-state index contributed by atoms with van der Waals surface area (Å²) < 4.78 is 44.0. The van der Waals surface area contributed by atoms with Crippen molar-refractivity contribution < 1.29 is 32.6 Å². The van der Waals surface area contributed by atoms with Crippen LogP contribution < -0.4 is 10.4 Å². The Kier molecular flexibility index (Phi) is 6.22. The van der Waals surface area contributed by atoms with E-state index < -0.39 is 41.9 Å². The van der Waals surface area contributed by atoms with Gasteiger partial charge in [-0.15, -0.1) is 0 Å². The van der Waals surface area contributed by atoms with Crippen molar-refractivity contribution in [3.8, 4) is 0 Å². The summed E-state index contributed by atoms with van der Waals surface area (Å²) in [5.74, 6) is -1.49. The van der Waals surface area contributed by atoms with Crippen molar-refractivity contribution in [2.75, 3.05) is 0 Å². The molecule has 1 N–H and O–H groups in total. The number of alkyl halides is 3. The first kappa shape index (κ1) is 19.8. The van der Waals surface area contributed by atoms with Crippen LogP contribution in [-0.2, 0) is 22.1 Å². The number of amides is 1. The maximum atomic E-state index is 13.0. The van der Waals surface area contributed by atoms with Crippen molar-refractivity contribution in [1.29, 1.82) is 0 Å². The third-order valence-electron chi connectivity index (χ3n) is 2.92. The third-order valence-corrected chi connectivity index (χ3v) is 2.92. The van der Waals surface area contributed by atoms with Crippen LogP contribution >= 0.6 is 0 Å². The van der Waals surface area contributed by atoms with Crippen molar-refractivity contribution in [1.82, 2.24) is 5.32 Å². The molecule has 1 amide bonds. The molecule has 5 nitrogen and oxygen atoms in total. The predicted octanol–water partition coefficient (Wildman–Crippen LogP) is 2.28. The van der Waals surface area contributed by atoms with Gasteiger partial charge in [-0.3, -0.25) is 0 Å². The van der Waals surface area contributed by atoms with Crippen molar-refractivity contribution >= 4 is 12.1 Å². The largest absolute Gasteiger partial charge is 0.550 e. The van der Waals surface area contributed by atoms with E-state index in [2.05, 4.69) is 5.32 Å². The summed E-state index contributed by atoms with van der Waals surface area (Å²) in [5, 5.41) is 13.1. The van der Waals surface area contributed by atoms with Crippen LogP contribution in [-0.4, -0.2) is 23.7 Å². The van der Waals surface area contributed by atoms with Gasteiger partial charge in [0.05, 0.1) is 5.56 Å². The summed E-state index contributed by atoms with van der Waals surface area (Å²) in [7, 11) is 0. The van der Waals surface area contributed by atoms with Crippen LogP contribution in [0.25, 0.3) is 0 Å². The van der Waals surface area contributed by atoms with E-state index in [1.165, 1.54) is 18.2 Å². The minimum absolute atomic E-state index is 0.118. The molecule has 0 bridgehead atoms. The molecule has 0 saturated carbocycles. The number of halogens is 3. The number of rotatable bonds is 5. The standard InChI is InChI=1S/C16H20F3NO4/c1-15(2,3)24-14(23)20-11(9-13(21)22)8-10-6-4-5-7-12(10)16(17,18)19/h4-7,11H,8-9H2,1-3H3,(H,20,23)(H,21,22)/p-1/t11-/m1/s1. The number of ether oxygens (including phenoxy) is 1. The van der Waals surface area contributed by atoms with Gasteiger partial charge in [-0.05, 0) is 38.8 Å². The summed E-state index contributed by atoms with van der Waals surface area (Å²) >= 11 is 0. The number of nitrogens with one attached hydrogen (secondary N) is 1. The second kappa shape index (κ2) is 7.55. The Morgan fingerprint density at radius 3 is 2.29 bits per heavy atom. The maximum absolute atomic E-state index is 13.0. The Hall–Kier alpha value is -2.25. The molecule has 0 aliphatic rings. The van der Waals surface area contributed by atoms with Gasteiger partial charge in [0, 0.05) is 18.4 Å². The quantitative estimate of drug-likeness (QED) is 0.887. The average molecular weight is 346 g/mol. The lowest BCUT2D eigenvalue weighted by molar-refractivity contribution is -0.306. The molecule has 0 aliphatic carbocycles. The molecule has 0 heterocycles. The molecule has 8 heteroatoms. The summed E-state index contributed by atoms with van der Waals surface area (Å²) in [6, 6.07) is 3.70. The second-order valence-electron chi connectivity index (χ2n) is 6.28. The number of carbonyl (C=O) groups excluding carboxylic acids is 2. The molecule has 1 rings (SSSR count). The van der Waals surface area contributed by atoms with Crippen molar-refractivity contribution in [2.45, 2.75) is 51.4 Å². The van der Waals surface area contributed by atoms with Gasteiger partial charge in [-0.1, -0.05) is 18.2 Å². The van der Waals surface area contributed by atoms with E-state index in [0.29, 0.717) is 0 Å². The molecule has 134 valence electrons. The van der Waals surface area contributed by atoms with Crippen LogP contribution in [0.4, 0.5) is 18.0 Å². The monoisotopic (exact) mass is 346 g/mol. The van der Waals surface area contributed by atoms with Gasteiger partial charge < -0.3 is 20.0 Å². The topological polar surface area (TPSA) is 78.5 Å². The Labute approximate surface area is 137 Å². The zero-order valence-electron chi connectivity index (χ0n) is 13.6. The summed E-state index contributed by atoms with van der Waals surface area (Å²) in [6.45, 7) is 4.83. The highest BCUT2D eigenvalue weighted by atomic mass is 19.4. The molecule has 0 aliphatic heterocycles. The molecular weight excluding hydrogens is 327 g/mol. The van der Waals surface area contributed by atoms with Gasteiger partial charge in [0.2, 0.25) is 0 Å². The number of benzene rings is 1. The fourth-order valence-electron chi connectivity index (χ4n) is 2.09. The van der Waals surface area contributed by atoms with E-state index in [1.807, 2.05) is 0 Å². The van der Waals surface area contributed by atoms with Gasteiger partial charge in [0.15, 0.2) is 0 Å². The second-order valence-corrected chi connectivity index (χ2v) is 6.28. The third kappa shape index (κ3) is 6.89. The summed E-state index contributed by atoms with van der Waals surface area (Å²) in [4.78, 5) is 22.6. The van der Waals surface area contributed by atoms with Crippen LogP contribution in [0.15, 0.2) is 24.3 Å². The molecule has 0 fully saturated rings. The number of aliphatic carboxylic acids is 1. The highest BCUT2D eigenvalue weighted by Crippen LogP contribution is 2.32. The zero-order valence-corrected chi connectivity index (χ0v) is 13.6. The molecule has 0 radical (unpaired) electrons. The van der Waals surface area contributed by atoms with Gasteiger partial charge >= 0.3 is 12.3 Å². The maximum Gasteiger partial charge on any atom is 0.416 e. The lowest BCUT2D eigenvalue weighted by atomic mass is 9.98. The van der Waals surface area contributed by atoms with Crippen LogP contribution in [0.3, 0.4) is 0 Å². The fourth-order valence-corrected chi connectivity index (χ4v) is 2.09. The minimum atomic E-state index is -4.57. The number of carboxylic acid groups (broad SMARTS) is 1. The highest BCUT2D eigenvalue weighted by Gasteiger charge is 2.33. The van der Waals surface area contributed by atoms with E-state index in [0.717, 1.165) is 6.07 Å². The normalized spacial score (nSPS) is 13.2. The number of carboxylic acids is 1. The lowest BCUT2D eigenvalue weighted by Crippen LogP contribution is -2.43. The number of hydrogen-bond donors (Lipinski definition) is 1. The molecule has 0 unspecified atom stereocenters. The van der Waals surface area contributed by atoms with Crippen molar-refractivity contribution in [3.63, 3.8) is 0 Å². The molecule has 0 spiro atoms. The SMILES string of the molecule is CC(C)(C)OC(=O)N[C@@H](CC(=O)[O-])Cc1ccccc1C(F)(F)F. The first-order chi connectivity index (χ1) is 10.9. The van der Waals surface area contributed by atoms with Gasteiger partial charge in [-0.2, -0.15) is 13.2 Å². The van der Waals surface area contributed by atoms with Gasteiger partial charge in [0.1, 0.15) is 5.60 Å².